The topological polar surface area (TPSA) is 37.3 Å². The predicted octanol–water partition coefficient (Wildman–Crippen LogP) is 3.12. The van der Waals surface area contributed by atoms with E-state index in [-0.39, 0.29) is 5.78 Å². The molecule has 0 bridgehead atoms. The molecule has 0 amide bonds. The van der Waals surface area contributed by atoms with Gasteiger partial charge in [-0.15, -0.1) is 0 Å². The Labute approximate surface area is 102 Å². The van der Waals surface area contributed by atoms with Crippen LogP contribution in [-0.2, 0) is 0 Å². The summed E-state index contributed by atoms with van der Waals surface area (Å²) in [5.41, 5.74) is 1.82. The fourth-order valence-electron chi connectivity index (χ4n) is 2.23. The number of benzene rings is 1. The molecule has 2 nitrogen and oxygen atoms in total. The summed E-state index contributed by atoms with van der Waals surface area (Å²) in [6.45, 7) is 0. The number of ketones is 1. The van der Waals surface area contributed by atoms with Gasteiger partial charge in [-0.25, -0.2) is 0 Å². The average Bonchev–Trinajstić information content (AvgIpc) is 2.40. The normalized spacial score (nSPS) is 17.4. The lowest BCUT2D eigenvalue weighted by Crippen LogP contribution is -2.21. The zero-order valence-electron chi connectivity index (χ0n) is 9.93. The number of carbonyl (C=O) groups is 1. The molecule has 1 aromatic carbocycles. The first-order chi connectivity index (χ1) is 8.27. The smallest absolute Gasteiger partial charge is 0.191 e. The Morgan fingerprint density at radius 1 is 1.24 bits per heavy atom. The van der Waals surface area contributed by atoms with Gasteiger partial charge in [0, 0.05) is 12.0 Å². The molecule has 0 spiro atoms. The van der Waals surface area contributed by atoms with Crippen molar-refractivity contribution in [2.45, 2.75) is 38.2 Å². The second-order valence-electron chi connectivity index (χ2n) is 4.56. The van der Waals surface area contributed by atoms with E-state index in [0.717, 1.165) is 12.8 Å². The van der Waals surface area contributed by atoms with Gasteiger partial charge in [0.1, 0.15) is 6.10 Å². The molecule has 17 heavy (non-hydrogen) atoms. The van der Waals surface area contributed by atoms with Crippen LogP contribution in [0.15, 0.2) is 42.0 Å². The van der Waals surface area contributed by atoms with Crippen molar-refractivity contribution in [3.05, 3.63) is 47.5 Å². The van der Waals surface area contributed by atoms with Gasteiger partial charge in [0.2, 0.25) is 0 Å². The van der Waals surface area contributed by atoms with E-state index in [4.69, 9.17) is 0 Å². The Balaban J connectivity index is 1.98. The minimum absolute atomic E-state index is 0.169. The zero-order chi connectivity index (χ0) is 12.1. The molecular formula is C15H18O2. The standard InChI is InChI=1S/C15H18O2/c16-14(11-12-7-3-1-4-8-12)15(17)13-9-5-2-6-10-13/h2,5-7,9-10,14,16H,1,3-4,8,11H2/t14-/m1/s1. The lowest BCUT2D eigenvalue weighted by Gasteiger charge is -2.15. The van der Waals surface area contributed by atoms with Crippen LogP contribution in [-0.4, -0.2) is 17.0 Å². The van der Waals surface area contributed by atoms with Gasteiger partial charge in [-0.2, -0.15) is 0 Å². The van der Waals surface area contributed by atoms with Gasteiger partial charge in [-0.05, 0) is 25.7 Å². The summed E-state index contributed by atoms with van der Waals surface area (Å²) >= 11 is 0. The summed E-state index contributed by atoms with van der Waals surface area (Å²) < 4.78 is 0. The number of aliphatic hydroxyl groups excluding tert-OH is 1. The van der Waals surface area contributed by atoms with Gasteiger partial charge in [0.15, 0.2) is 5.78 Å². The molecule has 0 saturated heterocycles. The monoisotopic (exact) mass is 230 g/mol. The van der Waals surface area contributed by atoms with Gasteiger partial charge >= 0.3 is 0 Å². The molecule has 1 atom stereocenters. The van der Waals surface area contributed by atoms with Gasteiger partial charge in [0.05, 0.1) is 0 Å². The van der Waals surface area contributed by atoms with Gasteiger partial charge < -0.3 is 5.11 Å². The van der Waals surface area contributed by atoms with Crippen molar-refractivity contribution in [3.63, 3.8) is 0 Å². The van der Waals surface area contributed by atoms with E-state index < -0.39 is 6.10 Å². The Bertz CT molecular complexity index is 406. The van der Waals surface area contributed by atoms with Crippen molar-refractivity contribution in [3.8, 4) is 0 Å². The molecule has 0 radical (unpaired) electrons. The van der Waals surface area contributed by atoms with E-state index in [2.05, 4.69) is 6.08 Å². The van der Waals surface area contributed by atoms with Crippen molar-refractivity contribution < 1.29 is 9.90 Å². The van der Waals surface area contributed by atoms with Gasteiger partial charge in [0.25, 0.3) is 0 Å². The van der Waals surface area contributed by atoms with Crippen molar-refractivity contribution in [2.75, 3.05) is 0 Å². The molecule has 1 N–H and O–H groups in total. The largest absolute Gasteiger partial charge is 0.385 e. The molecule has 90 valence electrons. The molecule has 0 aliphatic heterocycles. The Morgan fingerprint density at radius 2 is 2.00 bits per heavy atom. The first kappa shape index (κ1) is 12.1. The zero-order valence-corrected chi connectivity index (χ0v) is 9.93. The molecule has 2 heteroatoms. The van der Waals surface area contributed by atoms with Crippen molar-refractivity contribution in [1.29, 1.82) is 0 Å². The quantitative estimate of drug-likeness (QED) is 0.637. The van der Waals surface area contributed by atoms with E-state index in [1.165, 1.54) is 18.4 Å². The fraction of sp³-hybridized carbons (Fsp3) is 0.400. The Hall–Kier alpha value is -1.41. The summed E-state index contributed by atoms with van der Waals surface area (Å²) in [7, 11) is 0. The van der Waals surface area contributed by atoms with Crippen LogP contribution in [0.5, 0.6) is 0 Å². The highest BCUT2D eigenvalue weighted by Gasteiger charge is 2.18. The second-order valence-corrected chi connectivity index (χ2v) is 4.56. The molecule has 2 rings (SSSR count). The maximum atomic E-state index is 11.9. The van der Waals surface area contributed by atoms with Crippen LogP contribution in [0.2, 0.25) is 0 Å². The minimum Gasteiger partial charge on any atom is -0.385 e. The summed E-state index contributed by atoms with van der Waals surface area (Å²) in [6, 6.07) is 9.01. The number of carbonyl (C=O) groups excluding carboxylic acids is 1. The summed E-state index contributed by atoms with van der Waals surface area (Å²) in [5.74, 6) is -0.169. The third kappa shape index (κ3) is 3.27. The van der Waals surface area contributed by atoms with E-state index in [9.17, 15) is 9.90 Å². The Morgan fingerprint density at radius 3 is 2.65 bits per heavy atom. The SMILES string of the molecule is O=C(c1ccccc1)[C@H](O)CC1=CCCCC1. The van der Waals surface area contributed by atoms with Crippen LogP contribution in [0.4, 0.5) is 0 Å². The minimum atomic E-state index is -0.887. The lowest BCUT2D eigenvalue weighted by molar-refractivity contribution is 0.0746. The summed E-state index contributed by atoms with van der Waals surface area (Å²) in [6.07, 6.45) is 6.30. The fourth-order valence-corrected chi connectivity index (χ4v) is 2.23. The molecule has 0 heterocycles. The maximum absolute atomic E-state index is 11.9. The highest BCUT2D eigenvalue weighted by atomic mass is 16.3. The highest BCUT2D eigenvalue weighted by Crippen LogP contribution is 2.22. The molecule has 1 aromatic rings. The first-order valence-electron chi connectivity index (χ1n) is 6.22. The molecule has 1 aliphatic carbocycles. The van der Waals surface area contributed by atoms with E-state index in [0.29, 0.717) is 12.0 Å². The van der Waals surface area contributed by atoms with Crippen LogP contribution in [0.3, 0.4) is 0 Å². The molecule has 0 unspecified atom stereocenters. The second kappa shape index (κ2) is 5.78. The lowest BCUT2D eigenvalue weighted by atomic mass is 9.92. The number of aliphatic hydroxyl groups is 1. The van der Waals surface area contributed by atoms with Crippen molar-refractivity contribution in [2.24, 2.45) is 0 Å². The molecule has 0 fully saturated rings. The van der Waals surface area contributed by atoms with E-state index in [1.807, 2.05) is 18.2 Å². The predicted molar refractivity (Wildman–Crippen MR) is 67.9 cm³/mol. The third-order valence-corrected chi connectivity index (χ3v) is 3.20. The van der Waals surface area contributed by atoms with Crippen molar-refractivity contribution >= 4 is 5.78 Å². The summed E-state index contributed by atoms with van der Waals surface area (Å²) in [5, 5.41) is 9.93. The first-order valence-corrected chi connectivity index (χ1v) is 6.22. The van der Waals surface area contributed by atoms with Crippen molar-refractivity contribution in [1.82, 2.24) is 0 Å². The van der Waals surface area contributed by atoms with E-state index in [1.54, 1.807) is 12.1 Å². The number of Topliss-reactive ketones (excluding diaryl/α,β-unsaturated/α-hetero) is 1. The summed E-state index contributed by atoms with van der Waals surface area (Å²) in [4.78, 5) is 11.9. The molecule has 0 saturated carbocycles. The third-order valence-electron chi connectivity index (χ3n) is 3.20. The molecule has 0 aromatic heterocycles. The number of hydrogen-bond acceptors (Lipinski definition) is 2. The molecule has 1 aliphatic rings. The average molecular weight is 230 g/mol. The van der Waals surface area contributed by atoms with Gasteiger partial charge in [-0.1, -0.05) is 42.0 Å². The van der Waals surface area contributed by atoms with Crippen LogP contribution in [0, 0.1) is 0 Å². The van der Waals surface area contributed by atoms with Crippen LogP contribution >= 0.6 is 0 Å². The number of rotatable bonds is 4. The van der Waals surface area contributed by atoms with Crippen LogP contribution < -0.4 is 0 Å². The Kier molecular flexibility index (Phi) is 4.10. The maximum Gasteiger partial charge on any atom is 0.191 e. The highest BCUT2D eigenvalue weighted by molar-refractivity contribution is 5.99. The number of hydrogen-bond donors (Lipinski definition) is 1. The van der Waals surface area contributed by atoms with E-state index >= 15 is 0 Å². The van der Waals surface area contributed by atoms with Crippen LogP contribution in [0.1, 0.15) is 42.5 Å². The van der Waals surface area contributed by atoms with Crippen LogP contribution in [0.25, 0.3) is 0 Å². The van der Waals surface area contributed by atoms with Gasteiger partial charge in [-0.3, -0.25) is 4.79 Å². The number of allylic oxidation sites excluding steroid dienone is 1. The molecular weight excluding hydrogens is 212 g/mol.